The van der Waals surface area contributed by atoms with Gasteiger partial charge >= 0.3 is 17.8 Å². The largest absolute Gasteiger partial charge is 0.334 e. The SMILES string of the molecule is C[C@@H]1CCCC[C@H]1N1C(=O)C(=O)N(Cc2c(Cl)cccc2Cl)C1=O. The Hall–Kier alpha value is -1.59. The second kappa shape index (κ2) is 6.73. The zero-order valence-corrected chi connectivity index (χ0v) is 14.8. The molecule has 0 N–H and O–H groups in total. The molecule has 7 heteroatoms. The van der Waals surface area contributed by atoms with Gasteiger partial charge in [0.15, 0.2) is 0 Å². The van der Waals surface area contributed by atoms with E-state index in [9.17, 15) is 14.4 Å². The van der Waals surface area contributed by atoms with Crippen LogP contribution >= 0.6 is 23.2 Å². The van der Waals surface area contributed by atoms with Gasteiger partial charge in [-0.05, 0) is 30.9 Å². The van der Waals surface area contributed by atoms with E-state index in [-0.39, 0.29) is 18.5 Å². The van der Waals surface area contributed by atoms with E-state index >= 15 is 0 Å². The summed E-state index contributed by atoms with van der Waals surface area (Å²) in [4.78, 5) is 39.5. The molecule has 1 saturated heterocycles. The Balaban J connectivity index is 1.87. The number of carbonyl (C=O) groups excluding carboxylic acids is 3. The molecule has 1 aliphatic carbocycles. The van der Waals surface area contributed by atoms with Crippen molar-refractivity contribution < 1.29 is 14.4 Å². The Morgan fingerprint density at radius 1 is 1.04 bits per heavy atom. The van der Waals surface area contributed by atoms with E-state index in [4.69, 9.17) is 23.2 Å². The predicted octanol–water partition coefficient (Wildman–Crippen LogP) is 3.86. The summed E-state index contributed by atoms with van der Waals surface area (Å²) >= 11 is 12.2. The molecule has 0 unspecified atom stereocenters. The Morgan fingerprint density at radius 2 is 1.67 bits per heavy atom. The van der Waals surface area contributed by atoms with Crippen LogP contribution in [-0.2, 0) is 16.1 Å². The molecule has 2 atom stereocenters. The first-order valence-electron chi connectivity index (χ1n) is 8.03. The van der Waals surface area contributed by atoms with Gasteiger partial charge in [0, 0.05) is 21.7 Å². The lowest BCUT2D eigenvalue weighted by Crippen LogP contribution is -2.46. The number of nitrogens with zero attached hydrogens (tertiary/aromatic N) is 2. The third-order valence-corrected chi connectivity index (χ3v) is 5.57. The quantitative estimate of drug-likeness (QED) is 0.601. The molecule has 2 fully saturated rings. The van der Waals surface area contributed by atoms with Gasteiger partial charge in [-0.3, -0.25) is 19.4 Å². The molecule has 0 aromatic heterocycles. The van der Waals surface area contributed by atoms with Crippen LogP contribution in [0.3, 0.4) is 0 Å². The van der Waals surface area contributed by atoms with Crippen LogP contribution < -0.4 is 0 Å². The van der Waals surface area contributed by atoms with Gasteiger partial charge in [0.25, 0.3) is 0 Å². The number of carbonyl (C=O) groups is 3. The maximum absolute atomic E-state index is 12.7. The summed E-state index contributed by atoms with van der Waals surface area (Å²) in [6.45, 7) is 1.92. The summed E-state index contributed by atoms with van der Waals surface area (Å²) in [6.07, 6.45) is 3.73. The van der Waals surface area contributed by atoms with Gasteiger partial charge in [0.2, 0.25) is 0 Å². The molecule has 2 aliphatic rings. The van der Waals surface area contributed by atoms with Gasteiger partial charge in [-0.25, -0.2) is 4.79 Å². The van der Waals surface area contributed by atoms with Crippen molar-refractivity contribution in [1.29, 1.82) is 0 Å². The van der Waals surface area contributed by atoms with Crippen LogP contribution in [0.2, 0.25) is 10.0 Å². The van der Waals surface area contributed by atoms with Crippen LogP contribution in [0.5, 0.6) is 0 Å². The first-order chi connectivity index (χ1) is 11.4. The van der Waals surface area contributed by atoms with E-state index in [1.807, 2.05) is 6.92 Å². The Kier molecular flexibility index (Phi) is 4.83. The van der Waals surface area contributed by atoms with Crippen molar-refractivity contribution in [1.82, 2.24) is 9.80 Å². The number of amides is 4. The molecule has 0 radical (unpaired) electrons. The van der Waals surface area contributed by atoms with E-state index in [2.05, 4.69) is 0 Å². The topological polar surface area (TPSA) is 57.7 Å². The third-order valence-electron chi connectivity index (χ3n) is 4.86. The van der Waals surface area contributed by atoms with Crippen molar-refractivity contribution >= 4 is 41.0 Å². The molecule has 4 amide bonds. The standard InChI is InChI=1S/C17H18Cl2N2O3/c1-10-5-2-3-8-14(10)21-16(23)15(22)20(17(21)24)9-11-12(18)6-4-7-13(11)19/h4,6-7,10,14H,2-3,5,8-9H2,1H3/t10-,14-/m1/s1. The molecule has 1 saturated carbocycles. The summed E-state index contributed by atoms with van der Waals surface area (Å²) in [6, 6.07) is 4.17. The van der Waals surface area contributed by atoms with Gasteiger partial charge in [-0.1, -0.05) is 49.0 Å². The highest BCUT2D eigenvalue weighted by Crippen LogP contribution is 2.33. The van der Waals surface area contributed by atoms with Crippen LogP contribution in [-0.4, -0.2) is 33.7 Å². The highest BCUT2D eigenvalue weighted by Gasteiger charge is 2.49. The second-order valence-corrected chi connectivity index (χ2v) is 7.19. The monoisotopic (exact) mass is 368 g/mol. The van der Waals surface area contributed by atoms with Gasteiger partial charge in [0.1, 0.15) is 0 Å². The zero-order chi connectivity index (χ0) is 17.4. The molecule has 3 rings (SSSR count). The molecule has 1 aromatic carbocycles. The van der Waals surface area contributed by atoms with Crippen molar-refractivity contribution in [3.8, 4) is 0 Å². The lowest BCUT2D eigenvalue weighted by atomic mass is 9.85. The number of halogens is 2. The molecular formula is C17H18Cl2N2O3. The fraction of sp³-hybridized carbons (Fsp3) is 0.471. The lowest BCUT2D eigenvalue weighted by Gasteiger charge is -2.34. The zero-order valence-electron chi connectivity index (χ0n) is 13.3. The highest BCUT2D eigenvalue weighted by molar-refractivity contribution is 6.45. The number of hydrogen-bond donors (Lipinski definition) is 0. The third kappa shape index (κ3) is 2.91. The number of imide groups is 2. The van der Waals surface area contributed by atoms with Crippen LogP contribution in [0.25, 0.3) is 0 Å². The van der Waals surface area contributed by atoms with Crippen molar-refractivity contribution in [3.63, 3.8) is 0 Å². The molecule has 1 heterocycles. The van der Waals surface area contributed by atoms with Crippen molar-refractivity contribution in [2.45, 2.75) is 45.2 Å². The minimum absolute atomic E-state index is 0.0977. The molecule has 5 nitrogen and oxygen atoms in total. The fourth-order valence-electron chi connectivity index (χ4n) is 3.48. The molecule has 0 spiro atoms. The number of hydrogen-bond acceptors (Lipinski definition) is 3. The average Bonchev–Trinajstić information content (AvgIpc) is 2.75. The van der Waals surface area contributed by atoms with E-state index in [0.29, 0.717) is 15.6 Å². The van der Waals surface area contributed by atoms with Crippen molar-refractivity contribution in [3.05, 3.63) is 33.8 Å². The first kappa shape index (κ1) is 17.2. The highest BCUT2D eigenvalue weighted by atomic mass is 35.5. The molecule has 1 aromatic rings. The van der Waals surface area contributed by atoms with Crippen LogP contribution in [0.4, 0.5) is 4.79 Å². The van der Waals surface area contributed by atoms with E-state index in [1.165, 1.54) is 0 Å². The normalized spacial score (nSPS) is 24.9. The summed E-state index contributed by atoms with van der Waals surface area (Å²) in [5.41, 5.74) is 0.467. The minimum Gasteiger partial charge on any atom is -0.263 e. The van der Waals surface area contributed by atoms with E-state index in [0.717, 1.165) is 35.5 Å². The maximum atomic E-state index is 12.7. The predicted molar refractivity (Wildman–Crippen MR) is 90.7 cm³/mol. The molecular weight excluding hydrogens is 351 g/mol. The minimum atomic E-state index is -0.811. The number of rotatable bonds is 3. The average molecular weight is 369 g/mol. The molecule has 1 aliphatic heterocycles. The number of urea groups is 1. The summed E-state index contributed by atoms with van der Waals surface area (Å²) < 4.78 is 0. The van der Waals surface area contributed by atoms with E-state index in [1.54, 1.807) is 18.2 Å². The van der Waals surface area contributed by atoms with Crippen LogP contribution in [0, 0.1) is 5.92 Å². The summed E-state index contributed by atoms with van der Waals surface area (Å²) in [5, 5.41) is 0.722. The Labute approximate surface area is 150 Å². The number of benzene rings is 1. The van der Waals surface area contributed by atoms with Crippen molar-refractivity contribution in [2.75, 3.05) is 0 Å². The van der Waals surface area contributed by atoms with Gasteiger partial charge in [-0.2, -0.15) is 0 Å². The van der Waals surface area contributed by atoms with Gasteiger partial charge in [0.05, 0.1) is 6.54 Å². The second-order valence-electron chi connectivity index (χ2n) is 6.38. The van der Waals surface area contributed by atoms with Crippen molar-refractivity contribution in [2.24, 2.45) is 5.92 Å². The smallest absolute Gasteiger partial charge is 0.263 e. The van der Waals surface area contributed by atoms with Gasteiger partial charge in [-0.15, -0.1) is 0 Å². The Bertz CT molecular complexity index is 687. The first-order valence-corrected chi connectivity index (χ1v) is 8.79. The van der Waals surface area contributed by atoms with E-state index < -0.39 is 17.8 Å². The summed E-state index contributed by atoms with van der Waals surface area (Å²) in [5.74, 6) is -1.36. The van der Waals surface area contributed by atoms with Crippen LogP contribution in [0.1, 0.15) is 38.2 Å². The summed E-state index contributed by atoms with van der Waals surface area (Å²) in [7, 11) is 0. The van der Waals surface area contributed by atoms with Gasteiger partial charge < -0.3 is 0 Å². The Morgan fingerprint density at radius 3 is 2.29 bits per heavy atom. The fourth-order valence-corrected chi connectivity index (χ4v) is 3.99. The molecule has 24 heavy (non-hydrogen) atoms. The maximum Gasteiger partial charge on any atom is 0.334 e. The molecule has 0 bridgehead atoms. The lowest BCUT2D eigenvalue weighted by molar-refractivity contribution is -0.144. The van der Waals surface area contributed by atoms with Crippen LogP contribution in [0.15, 0.2) is 18.2 Å². The molecule has 128 valence electrons.